The van der Waals surface area contributed by atoms with Gasteiger partial charge in [-0.05, 0) is 38.8 Å². The highest BCUT2D eigenvalue weighted by atomic mass is 32.2. The summed E-state index contributed by atoms with van der Waals surface area (Å²) in [6.45, 7) is 4.53. The molecule has 1 aromatic carbocycles. The lowest BCUT2D eigenvalue weighted by Crippen LogP contribution is -2.46. The number of rotatable bonds is 6. The molecule has 1 aliphatic rings. The maximum absolute atomic E-state index is 12.9. The number of methoxy groups -OCH3 is 1. The second-order valence-corrected chi connectivity index (χ2v) is 9.06. The second-order valence-electron chi connectivity index (χ2n) is 6.78. The SMILES string of the molecule is COc1ccccc1-c1nc(NC(=O)C(C)(C)S(=O)C2CCOCC2)n[nH]1. The molecule has 8 nitrogen and oxygen atoms in total. The van der Waals surface area contributed by atoms with Crippen molar-refractivity contribution in [3.63, 3.8) is 0 Å². The van der Waals surface area contributed by atoms with Crippen LogP contribution in [-0.2, 0) is 20.3 Å². The molecule has 1 atom stereocenters. The van der Waals surface area contributed by atoms with Crippen LogP contribution in [0.25, 0.3) is 11.4 Å². The van der Waals surface area contributed by atoms with Gasteiger partial charge < -0.3 is 9.47 Å². The summed E-state index contributed by atoms with van der Waals surface area (Å²) in [5.41, 5.74) is 0.734. The molecule has 1 amide bonds. The highest BCUT2D eigenvalue weighted by Crippen LogP contribution is 2.28. The minimum Gasteiger partial charge on any atom is -0.496 e. The Labute approximate surface area is 160 Å². The molecular weight excluding hydrogens is 368 g/mol. The Kier molecular flexibility index (Phi) is 5.91. The number of nitrogens with one attached hydrogen (secondary N) is 2. The van der Waals surface area contributed by atoms with Gasteiger partial charge in [-0.2, -0.15) is 4.98 Å². The summed E-state index contributed by atoms with van der Waals surface area (Å²) in [6.07, 6.45) is 1.39. The van der Waals surface area contributed by atoms with Gasteiger partial charge in [0.25, 0.3) is 0 Å². The topological polar surface area (TPSA) is 106 Å². The first kappa shape index (κ1) is 19.5. The Morgan fingerprint density at radius 3 is 2.74 bits per heavy atom. The first-order chi connectivity index (χ1) is 12.9. The van der Waals surface area contributed by atoms with Gasteiger partial charge in [-0.1, -0.05) is 12.1 Å². The van der Waals surface area contributed by atoms with E-state index in [0.717, 1.165) is 5.56 Å². The Bertz CT molecular complexity index is 830. The van der Waals surface area contributed by atoms with Crippen molar-refractivity contribution in [3.05, 3.63) is 24.3 Å². The van der Waals surface area contributed by atoms with Crippen LogP contribution in [0.5, 0.6) is 5.75 Å². The van der Waals surface area contributed by atoms with Crippen molar-refractivity contribution in [3.8, 4) is 17.1 Å². The lowest BCUT2D eigenvalue weighted by Gasteiger charge is -2.29. The van der Waals surface area contributed by atoms with Crippen molar-refractivity contribution in [1.82, 2.24) is 15.2 Å². The van der Waals surface area contributed by atoms with Gasteiger partial charge in [0, 0.05) is 29.3 Å². The molecule has 3 rings (SSSR count). The van der Waals surface area contributed by atoms with Crippen LogP contribution in [-0.4, -0.2) is 55.6 Å². The summed E-state index contributed by atoms with van der Waals surface area (Å²) in [5, 5.41) is 9.48. The molecule has 2 N–H and O–H groups in total. The zero-order valence-corrected chi connectivity index (χ0v) is 16.5. The fourth-order valence-corrected chi connectivity index (χ4v) is 4.62. The van der Waals surface area contributed by atoms with Gasteiger partial charge >= 0.3 is 0 Å². The highest BCUT2D eigenvalue weighted by Gasteiger charge is 2.39. The van der Waals surface area contributed by atoms with E-state index in [2.05, 4.69) is 20.5 Å². The first-order valence-electron chi connectivity index (χ1n) is 8.79. The van der Waals surface area contributed by atoms with Crippen LogP contribution in [0.15, 0.2) is 24.3 Å². The van der Waals surface area contributed by atoms with E-state index >= 15 is 0 Å². The van der Waals surface area contributed by atoms with E-state index in [4.69, 9.17) is 9.47 Å². The Morgan fingerprint density at radius 1 is 1.33 bits per heavy atom. The van der Waals surface area contributed by atoms with Crippen LogP contribution in [0.4, 0.5) is 5.95 Å². The molecule has 0 saturated carbocycles. The molecular formula is C18H24N4O4S. The summed E-state index contributed by atoms with van der Waals surface area (Å²) in [4.78, 5) is 17.1. The van der Waals surface area contributed by atoms with Crippen LogP contribution in [0.2, 0.25) is 0 Å². The number of anilines is 1. The number of carbonyl (C=O) groups excluding carboxylic acids is 1. The highest BCUT2D eigenvalue weighted by molar-refractivity contribution is 7.87. The van der Waals surface area contributed by atoms with E-state index in [1.165, 1.54) is 0 Å². The molecule has 0 bridgehead atoms. The summed E-state index contributed by atoms with van der Waals surface area (Å²) < 4.78 is 22.5. The quantitative estimate of drug-likeness (QED) is 0.780. The average Bonchev–Trinajstić information content (AvgIpc) is 3.16. The fraction of sp³-hybridized carbons (Fsp3) is 0.500. The Morgan fingerprint density at radius 2 is 2.04 bits per heavy atom. The fourth-order valence-electron chi connectivity index (χ4n) is 2.93. The number of hydrogen-bond acceptors (Lipinski definition) is 6. The number of ether oxygens (including phenoxy) is 2. The molecule has 9 heteroatoms. The van der Waals surface area contributed by atoms with E-state index in [0.29, 0.717) is 37.6 Å². The normalized spacial score (nSPS) is 16.7. The maximum Gasteiger partial charge on any atom is 0.249 e. The van der Waals surface area contributed by atoms with Gasteiger partial charge in [0.2, 0.25) is 11.9 Å². The number of carbonyl (C=O) groups is 1. The van der Waals surface area contributed by atoms with Gasteiger partial charge in [-0.25, -0.2) is 0 Å². The third-order valence-electron chi connectivity index (χ3n) is 4.59. The first-order valence-corrected chi connectivity index (χ1v) is 10.0. The largest absolute Gasteiger partial charge is 0.496 e. The maximum atomic E-state index is 12.9. The van der Waals surface area contributed by atoms with E-state index in [9.17, 15) is 9.00 Å². The predicted octanol–water partition coefficient (Wildman–Crippen LogP) is 2.13. The van der Waals surface area contributed by atoms with E-state index < -0.39 is 15.5 Å². The van der Waals surface area contributed by atoms with Crippen LogP contribution in [0.1, 0.15) is 26.7 Å². The van der Waals surface area contributed by atoms with Crippen LogP contribution < -0.4 is 10.1 Å². The summed E-state index contributed by atoms with van der Waals surface area (Å²) in [6, 6.07) is 7.37. The molecule has 2 heterocycles. The molecule has 1 aliphatic heterocycles. The molecule has 1 aromatic heterocycles. The molecule has 1 saturated heterocycles. The lowest BCUT2D eigenvalue weighted by molar-refractivity contribution is -0.117. The number of benzene rings is 1. The zero-order valence-electron chi connectivity index (χ0n) is 15.7. The third-order valence-corrected chi connectivity index (χ3v) is 6.86. The number of H-pyrrole nitrogens is 1. The second kappa shape index (κ2) is 8.18. The Balaban J connectivity index is 1.72. The van der Waals surface area contributed by atoms with E-state index in [1.807, 2.05) is 24.3 Å². The number of nitrogens with zero attached hydrogens (tertiary/aromatic N) is 2. The lowest BCUT2D eigenvalue weighted by atomic mass is 10.2. The van der Waals surface area contributed by atoms with Crippen LogP contribution in [0, 0.1) is 0 Å². The molecule has 0 spiro atoms. The van der Waals surface area contributed by atoms with Crippen molar-refractivity contribution in [2.75, 3.05) is 25.6 Å². The monoisotopic (exact) mass is 392 g/mol. The van der Waals surface area contributed by atoms with Crippen LogP contribution in [0.3, 0.4) is 0 Å². The smallest absolute Gasteiger partial charge is 0.249 e. The van der Waals surface area contributed by atoms with Gasteiger partial charge in [0.05, 0.1) is 12.7 Å². The van der Waals surface area contributed by atoms with Gasteiger partial charge in [0.15, 0.2) is 5.82 Å². The zero-order chi connectivity index (χ0) is 19.4. The molecule has 0 radical (unpaired) electrons. The number of hydrogen-bond donors (Lipinski definition) is 2. The van der Waals surface area contributed by atoms with Crippen molar-refractivity contribution >= 4 is 22.7 Å². The number of aromatic nitrogens is 3. The standard InChI is InChI=1S/C18H24N4O4S/c1-18(2,27(24)12-8-10-26-11-9-12)16(23)20-17-19-15(21-22-17)13-6-4-5-7-14(13)25-3/h4-7,12H,8-11H2,1-3H3,(H2,19,20,21,22,23). The molecule has 146 valence electrons. The minimum atomic E-state index is -1.33. The molecule has 27 heavy (non-hydrogen) atoms. The molecule has 1 fully saturated rings. The van der Waals surface area contributed by atoms with Crippen LogP contribution >= 0.6 is 0 Å². The molecule has 1 unspecified atom stereocenters. The predicted molar refractivity (Wildman–Crippen MR) is 103 cm³/mol. The van der Waals surface area contributed by atoms with Gasteiger partial charge in [-0.3, -0.25) is 19.4 Å². The molecule has 0 aliphatic carbocycles. The number of para-hydroxylation sites is 1. The van der Waals surface area contributed by atoms with Crippen molar-refractivity contribution in [2.24, 2.45) is 0 Å². The number of aromatic amines is 1. The summed E-state index contributed by atoms with van der Waals surface area (Å²) in [5.74, 6) is 0.884. The van der Waals surface area contributed by atoms with E-state index in [1.54, 1.807) is 21.0 Å². The molecule has 2 aromatic rings. The minimum absolute atomic E-state index is 0.0456. The van der Waals surface area contributed by atoms with Crippen molar-refractivity contribution < 1.29 is 18.5 Å². The summed E-state index contributed by atoms with van der Waals surface area (Å²) >= 11 is 0. The van der Waals surface area contributed by atoms with Crippen molar-refractivity contribution in [1.29, 1.82) is 0 Å². The van der Waals surface area contributed by atoms with Gasteiger partial charge in [0.1, 0.15) is 10.5 Å². The third kappa shape index (κ3) is 4.19. The number of amides is 1. The Hall–Kier alpha value is -2.26. The average molecular weight is 392 g/mol. The van der Waals surface area contributed by atoms with Crippen molar-refractivity contribution in [2.45, 2.75) is 36.7 Å². The van der Waals surface area contributed by atoms with Gasteiger partial charge in [-0.15, -0.1) is 5.10 Å². The van der Waals surface area contributed by atoms with E-state index in [-0.39, 0.29) is 17.1 Å². The summed E-state index contributed by atoms with van der Waals surface area (Å²) in [7, 11) is 0.243.